The first-order valence-corrected chi connectivity index (χ1v) is 12.2. The van der Waals surface area contributed by atoms with Crippen LogP contribution in [0.3, 0.4) is 0 Å². The van der Waals surface area contributed by atoms with Gasteiger partial charge in [0.1, 0.15) is 0 Å². The summed E-state index contributed by atoms with van der Waals surface area (Å²) in [5, 5.41) is 0. The van der Waals surface area contributed by atoms with Crippen molar-refractivity contribution in [2.24, 2.45) is 0 Å². The van der Waals surface area contributed by atoms with Crippen molar-refractivity contribution in [3.05, 3.63) is 121 Å². The van der Waals surface area contributed by atoms with Crippen LogP contribution in [0.4, 0.5) is 0 Å². The van der Waals surface area contributed by atoms with E-state index in [2.05, 4.69) is 122 Å². The fraction of sp³-hybridized carbons (Fsp3) is 0.0400. The Morgan fingerprint density at radius 2 is 0.692 bits per heavy atom. The summed E-state index contributed by atoms with van der Waals surface area (Å²) < 4.78 is 5.87. The first-order valence-electron chi connectivity index (χ1n) is 9.05. The molecule has 126 valence electrons. The van der Waals surface area contributed by atoms with E-state index in [1.807, 2.05) is 0 Å². The van der Waals surface area contributed by atoms with Crippen LogP contribution < -0.4 is 15.5 Å². The summed E-state index contributed by atoms with van der Waals surface area (Å²) in [6, 6.07) is 42.5. The quantitative estimate of drug-likeness (QED) is 0.480. The molecule has 0 amide bonds. The van der Waals surface area contributed by atoms with Gasteiger partial charge in [-0.3, -0.25) is 0 Å². The van der Waals surface area contributed by atoms with Crippen molar-refractivity contribution in [1.82, 2.24) is 0 Å². The average Bonchev–Trinajstić information content (AvgIpc) is 2.72. The Kier molecular flexibility index (Phi) is 4.88. The summed E-state index contributed by atoms with van der Waals surface area (Å²) in [7, 11) is 0. The molecule has 0 aromatic heterocycles. The van der Waals surface area contributed by atoms with Gasteiger partial charge < -0.3 is 0 Å². The van der Waals surface area contributed by atoms with Crippen molar-refractivity contribution in [1.29, 1.82) is 0 Å². The van der Waals surface area contributed by atoms with Crippen LogP contribution in [-0.4, -0.2) is 0 Å². The van der Waals surface area contributed by atoms with Gasteiger partial charge in [0.15, 0.2) is 0 Å². The van der Waals surface area contributed by atoms with E-state index in [1.165, 1.54) is 21.0 Å². The van der Waals surface area contributed by atoms with Crippen molar-refractivity contribution < 1.29 is 16.6 Å². The molecule has 0 aliphatic heterocycles. The van der Waals surface area contributed by atoms with Crippen molar-refractivity contribution in [3.8, 4) is 0 Å². The fourth-order valence-corrected chi connectivity index (χ4v) is 11.3. The predicted octanol–water partition coefficient (Wildman–Crippen LogP) is 3.75. The third kappa shape index (κ3) is 2.96. The second-order valence-electron chi connectivity index (χ2n) is 6.71. The Labute approximate surface area is 159 Å². The van der Waals surface area contributed by atoms with E-state index in [1.54, 1.807) is 0 Å². The van der Waals surface area contributed by atoms with Crippen LogP contribution in [0, 0.1) is 6.92 Å². The molecule has 0 unspecified atom stereocenters. The van der Waals surface area contributed by atoms with Crippen molar-refractivity contribution in [2.75, 3.05) is 0 Å². The molecule has 0 bridgehead atoms. The third-order valence-corrected chi connectivity index (χ3v) is 12.6. The maximum absolute atomic E-state index is 3.02. The molecule has 0 saturated carbocycles. The Hall–Kier alpha value is -2.41. The summed E-state index contributed by atoms with van der Waals surface area (Å²) in [6.07, 6.45) is 0. The number of hydrogen-bond donors (Lipinski definition) is 0. The van der Waals surface area contributed by atoms with Gasteiger partial charge in [-0.15, -0.1) is 0 Å². The summed E-state index contributed by atoms with van der Waals surface area (Å²) in [5.74, 6) is 0. The molecular formula is C25H22Ti. The number of hydrogen-bond acceptors (Lipinski definition) is 0. The summed E-state index contributed by atoms with van der Waals surface area (Å²) in [5.41, 5.74) is 1.30. The molecular weight excluding hydrogens is 348 g/mol. The van der Waals surface area contributed by atoms with Gasteiger partial charge in [-0.25, -0.2) is 0 Å². The topological polar surface area (TPSA) is 0 Å². The van der Waals surface area contributed by atoms with Gasteiger partial charge >= 0.3 is 160 Å². The van der Waals surface area contributed by atoms with E-state index in [0.29, 0.717) is 0 Å². The van der Waals surface area contributed by atoms with Gasteiger partial charge in [0.05, 0.1) is 0 Å². The molecule has 4 aromatic carbocycles. The summed E-state index contributed by atoms with van der Waals surface area (Å²) >= 11 is -3.02. The van der Waals surface area contributed by atoms with E-state index in [0.717, 1.165) is 0 Å². The van der Waals surface area contributed by atoms with Crippen LogP contribution in [-0.2, 0) is 16.6 Å². The van der Waals surface area contributed by atoms with Gasteiger partial charge in [0.25, 0.3) is 0 Å². The zero-order valence-electron chi connectivity index (χ0n) is 15.0. The molecule has 0 atom stereocenters. The number of benzene rings is 4. The molecule has 1 heteroatoms. The molecule has 0 nitrogen and oxygen atoms in total. The van der Waals surface area contributed by atoms with Crippen LogP contribution in [0.15, 0.2) is 115 Å². The minimum absolute atomic E-state index is 1.30. The molecule has 0 fully saturated rings. The van der Waals surface area contributed by atoms with Gasteiger partial charge in [-0.2, -0.15) is 0 Å². The second-order valence-corrected chi connectivity index (χ2v) is 12.7. The van der Waals surface area contributed by atoms with Crippen molar-refractivity contribution in [3.63, 3.8) is 0 Å². The summed E-state index contributed by atoms with van der Waals surface area (Å²) in [4.78, 5) is 0. The van der Waals surface area contributed by atoms with Gasteiger partial charge in [0.2, 0.25) is 0 Å². The van der Waals surface area contributed by atoms with E-state index >= 15 is 0 Å². The minimum atomic E-state index is -3.02. The molecule has 0 spiro atoms. The van der Waals surface area contributed by atoms with Crippen molar-refractivity contribution >= 4 is 15.5 Å². The molecule has 0 N–H and O–H groups in total. The number of rotatable bonds is 4. The van der Waals surface area contributed by atoms with Gasteiger partial charge in [-0.05, 0) is 0 Å². The molecule has 26 heavy (non-hydrogen) atoms. The van der Waals surface area contributed by atoms with Crippen LogP contribution >= 0.6 is 0 Å². The van der Waals surface area contributed by atoms with Crippen LogP contribution in [0.25, 0.3) is 0 Å². The predicted molar refractivity (Wildman–Crippen MR) is 109 cm³/mol. The van der Waals surface area contributed by atoms with Crippen LogP contribution in [0.2, 0.25) is 0 Å². The molecule has 0 saturated heterocycles. The Morgan fingerprint density at radius 1 is 0.385 bits per heavy atom. The zero-order valence-corrected chi connectivity index (χ0v) is 16.5. The van der Waals surface area contributed by atoms with Crippen molar-refractivity contribution in [2.45, 2.75) is 6.92 Å². The average molecular weight is 370 g/mol. The molecule has 0 radical (unpaired) electrons. The fourth-order valence-electron chi connectivity index (χ4n) is 3.87. The number of aryl methyl sites for hydroxylation is 1. The monoisotopic (exact) mass is 370 g/mol. The Balaban J connectivity index is 2.12. The molecule has 0 aliphatic rings. The normalized spacial score (nSPS) is 11.3. The van der Waals surface area contributed by atoms with Crippen LogP contribution in [0.1, 0.15) is 5.56 Å². The molecule has 0 heterocycles. The zero-order chi connectivity index (χ0) is 17.8. The summed E-state index contributed by atoms with van der Waals surface area (Å²) in [6.45, 7) is 2.16. The van der Waals surface area contributed by atoms with Gasteiger partial charge in [-0.1, -0.05) is 0 Å². The van der Waals surface area contributed by atoms with Gasteiger partial charge in [0, 0.05) is 0 Å². The Morgan fingerprint density at radius 3 is 1.04 bits per heavy atom. The first-order chi connectivity index (χ1) is 12.8. The maximum atomic E-state index is 2.35. The van der Waals surface area contributed by atoms with E-state index < -0.39 is 16.6 Å². The van der Waals surface area contributed by atoms with E-state index in [-0.39, 0.29) is 0 Å². The SMILES string of the molecule is Cc1cc[c]([Ti]([c]2ccccc2)([c]2ccccc2)[c]2ccccc2)cc1. The Bertz CT molecular complexity index is 862. The third-order valence-electron chi connectivity index (χ3n) is 5.10. The molecule has 4 rings (SSSR count). The van der Waals surface area contributed by atoms with E-state index in [9.17, 15) is 0 Å². The molecule has 4 aromatic rings. The second kappa shape index (κ2) is 7.45. The standard InChI is InChI=1S/C7H7.3C6H5.Ti/c1-7-5-3-2-4-6-7;3*1-2-4-6-5-3-1;/h3-6H,1H3;3*1-5H;. The van der Waals surface area contributed by atoms with E-state index in [4.69, 9.17) is 0 Å². The first kappa shape index (κ1) is 17.0. The molecule has 0 aliphatic carbocycles. The van der Waals surface area contributed by atoms with Crippen LogP contribution in [0.5, 0.6) is 0 Å².